The largest absolute Gasteiger partial charge is 0.345 e. The summed E-state index contributed by atoms with van der Waals surface area (Å²) in [5.41, 5.74) is 2.88. The lowest BCUT2D eigenvalue weighted by molar-refractivity contribution is -0.380. The van der Waals surface area contributed by atoms with Gasteiger partial charge in [-0.2, -0.15) is 0 Å². The van der Waals surface area contributed by atoms with Gasteiger partial charge >= 0.3 is 5.00 Å². The summed E-state index contributed by atoms with van der Waals surface area (Å²) in [6.45, 7) is 0. The summed E-state index contributed by atoms with van der Waals surface area (Å²) in [5.74, 6) is 0. The van der Waals surface area contributed by atoms with Gasteiger partial charge in [-0.25, -0.2) is 4.98 Å². The van der Waals surface area contributed by atoms with E-state index in [0.717, 1.165) is 11.3 Å². The molecular weight excluding hydrogens is 204 g/mol. The second-order valence-corrected chi connectivity index (χ2v) is 3.47. The Morgan fingerprint density at radius 3 is 2.79 bits per heavy atom. The SMILES string of the molecule is O=[N+]([O-])c1cnc(Nn2cccc2)s1. The van der Waals surface area contributed by atoms with E-state index in [9.17, 15) is 10.1 Å². The highest BCUT2D eigenvalue weighted by Gasteiger charge is 2.10. The minimum Gasteiger partial charge on any atom is -0.269 e. The number of aromatic nitrogens is 2. The number of anilines is 1. The zero-order chi connectivity index (χ0) is 9.97. The smallest absolute Gasteiger partial charge is 0.269 e. The first-order chi connectivity index (χ1) is 6.75. The normalized spacial score (nSPS) is 10.0. The lowest BCUT2D eigenvalue weighted by Gasteiger charge is -2.00. The van der Waals surface area contributed by atoms with Gasteiger partial charge in [0.2, 0.25) is 5.13 Å². The Labute approximate surface area is 82.9 Å². The van der Waals surface area contributed by atoms with Crippen LogP contribution in [-0.4, -0.2) is 14.6 Å². The molecule has 72 valence electrons. The Bertz CT molecular complexity index is 436. The van der Waals surface area contributed by atoms with Crippen molar-refractivity contribution in [3.63, 3.8) is 0 Å². The molecule has 0 unspecified atom stereocenters. The highest BCUT2D eigenvalue weighted by molar-refractivity contribution is 7.18. The van der Waals surface area contributed by atoms with E-state index < -0.39 is 4.92 Å². The maximum atomic E-state index is 10.4. The molecule has 0 aromatic carbocycles. The lowest BCUT2D eigenvalue weighted by Crippen LogP contribution is -2.04. The summed E-state index contributed by atoms with van der Waals surface area (Å²) >= 11 is 0.997. The monoisotopic (exact) mass is 210 g/mol. The molecule has 7 heteroatoms. The van der Waals surface area contributed by atoms with Gasteiger partial charge in [-0.15, -0.1) is 0 Å². The summed E-state index contributed by atoms with van der Waals surface area (Å²) in [5, 5.41) is 10.9. The molecule has 0 aliphatic rings. The molecule has 0 aliphatic heterocycles. The fourth-order valence-corrected chi connectivity index (χ4v) is 1.56. The molecular formula is C7H6N4O2S. The summed E-state index contributed by atoms with van der Waals surface area (Å²) in [6.07, 6.45) is 4.80. The standard InChI is InChI=1S/C7H6N4O2S/c12-11(13)6-5-8-7(14-6)9-10-3-1-2-4-10/h1-5H,(H,8,9). The van der Waals surface area contributed by atoms with Crippen LogP contribution in [0.1, 0.15) is 0 Å². The van der Waals surface area contributed by atoms with Crippen LogP contribution in [0.15, 0.2) is 30.7 Å². The van der Waals surface area contributed by atoms with E-state index >= 15 is 0 Å². The van der Waals surface area contributed by atoms with Crippen molar-refractivity contribution in [3.8, 4) is 0 Å². The van der Waals surface area contributed by atoms with Crippen LogP contribution in [-0.2, 0) is 0 Å². The molecule has 6 nitrogen and oxygen atoms in total. The van der Waals surface area contributed by atoms with Gasteiger partial charge < -0.3 is 0 Å². The average Bonchev–Trinajstić information content (AvgIpc) is 2.75. The van der Waals surface area contributed by atoms with Crippen molar-refractivity contribution < 1.29 is 4.92 Å². The number of nitrogens with zero attached hydrogens (tertiary/aromatic N) is 3. The molecule has 0 amide bonds. The summed E-state index contributed by atoms with van der Waals surface area (Å²) in [7, 11) is 0. The first-order valence-electron chi connectivity index (χ1n) is 3.76. The topological polar surface area (TPSA) is 73.0 Å². The number of rotatable bonds is 3. The third-order valence-corrected chi connectivity index (χ3v) is 2.36. The molecule has 0 fully saturated rings. The summed E-state index contributed by atoms with van der Waals surface area (Å²) < 4.78 is 1.67. The third-order valence-electron chi connectivity index (χ3n) is 1.50. The van der Waals surface area contributed by atoms with Crippen LogP contribution in [0.2, 0.25) is 0 Å². The van der Waals surface area contributed by atoms with Crippen molar-refractivity contribution in [2.75, 3.05) is 5.43 Å². The van der Waals surface area contributed by atoms with Crippen LogP contribution in [0.4, 0.5) is 10.1 Å². The molecule has 0 radical (unpaired) electrons. The number of hydrogen-bond acceptors (Lipinski definition) is 5. The van der Waals surface area contributed by atoms with E-state index in [1.165, 1.54) is 6.20 Å². The van der Waals surface area contributed by atoms with Crippen molar-refractivity contribution in [1.29, 1.82) is 0 Å². The first-order valence-corrected chi connectivity index (χ1v) is 4.57. The molecule has 0 spiro atoms. The van der Waals surface area contributed by atoms with Gasteiger partial charge in [0.1, 0.15) is 6.20 Å². The van der Waals surface area contributed by atoms with E-state index in [-0.39, 0.29) is 5.00 Å². The van der Waals surface area contributed by atoms with Crippen molar-refractivity contribution in [2.45, 2.75) is 0 Å². The molecule has 2 aromatic heterocycles. The van der Waals surface area contributed by atoms with E-state index in [1.54, 1.807) is 17.1 Å². The second kappa shape index (κ2) is 3.46. The van der Waals surface area contributed by atoms with Gasteiger partial charge in [0.05, 0.1) is 4.92 Å². The maximum Gasteiger partial charge on any atom is 0.345 e. The molecule has 0 saturated carbocycles. The molecule has 2 heterocycles. The molecule has 2 rings (SSSR count). The van der Waals surface area contributed by atoms with E-state index in [0.29, 0.717) is 5.13 Å². The Morgan fingerprint density at radius 2 is 2.21 bits per heavy atom. The van der Waals surface area contributed by atoms with Crippen LogP contribution in [0, 0.1) is 10.1 Å². The maximum absolute atomic E-state index is 10.4. The molecule has 1 N–H and O–H groups in total. The number of nitro groups is 1. The Hall–Kier alpha value is -1.89. The van der Waals surface area contributed by atoms with Crippen LogP contribution in [0.25, 0.3) is 0 Å². The average molecular weight is 210 g/mol. The molecule has 2 aromatic rings. The highest BCUT2D eigenvalue weighted by atomic mass is 32.1. The Kier molecular flexibility index (Phi) is 2.15. The van der Waals surface area contributed by atoms with Crippen LogP contribution >= 0.6 is 11.3 Å². The van der Waals surface area contributed by atoms with Gasteiger partial charge in [-0.3, -0.25) is 20.2 Å². The van der Waals surface area contributed by atoms with Gasteiger partial charge in [0, 0.05) is 12.4 Å². The van der Waals surface area contributed by atoms with Gasteiger partial charge in [0.25, 0.3) is 0 Å². The van der Waals surface area contributed by atoms with Crippen LogP contribution in [0.5, 0.6) is 0 Å². The van der Waals surface area contributed by atoms with Crippen LogP contribution in [0.3, 0.4) is 0 Å². The molecule has 0 bridgehead atoms. The fraction of sp³-hybridized carbons (Fsp3) is 0. The zero-order valence-electron chi connectivity index (χ0n) is 6.95. The third kappa shape index (κ3) is 1.72. The number of hydrogen-bond donors (Lipinski definition) is 1. The van der Waals surface area contributed by atoms with E-state index in [4.69, 9.17) is 0 Å². The molecule has 0 saturated heterocycles. The van der Waals surface area contributed by atoms with Gasteiger partial charge in [-0.05, 0) is 23.5 Å². The van der Waals surface area contributed by atoms with Crippen molar-refractivity contribution in [1.82, 2.24) is 9.66 Å². The summed E-state index contributed by atoms with van der Waals surface area (Å²) in [4.78, 5) is 13.8. The second-order valence-electron chi connectivity index (χ2n) is 2.46. The van der Waals surface area contributed by atoms with E-state index in [1.807, 2.05) is 12.1 Å². The molecule has 0 aliphatic carbocycles. The highest BCUT2D eigenvalue weighted by Crippen LogP contribution is 2.24. The van der Waals surface area contributed by atoms with Crippen molar-refractivity contribution in [2.24, 2.45) is 0 Å². The van der Waals surface area contributed by atoms with Crippen molar-refractivity contribution in [3.05, 3.63) is 40.8 Å². The number of thiazole rings is 1. The van der Waals surface area contributed by atoms with Crippen molar-refractivity contribution >= 4 is 21.5 Å². The minimum atomic E-state index is -0.460. The summed E-state index contributed by atoms with van der Waals surface area (Å²) in [6, 6.07) is 3.68. The first kappa shape index (κ1) is 8.70. The predicted octanol–water partition coefficient (Wildman–Crippen LogP) is 1.73. The lowest BCUT2D eigenvalue weighted by atomic mass is 10.7. The van der Waals surface area contributed by atoms with E-state index in [2.05, 4.69) is 10.4 Å². The molecule has 14 heavy (non-hydrogen) atoms. The molecule has 0 atom stereocenters. The quantitative estimate of drug-likeness (QED) is 0.618. The van der Waals surface area contributed by atoms with Gasteiger partial charge in [0.15, 0.2) is 0 Å². The predicted molar refractivity (Wildman–Crippen MR) is 52.2 cm³/mol. The Morgan fingerprint density at radius 1 is 1.50 bits per heavy atom. The van der Waals surface area contributed by atoms with Gasteiger partial charge in [-0.1, -0.05) is 0 Å². The Balaban J connectivity index is 2.14. The van der Waals surface area contributed by atoms with Crippen LogP contribution < -0.4 is 5.43 Å². The minimum absolute atomic E-state index is 0.0275. The number of nitrogens with one attached hydrogen (secondary N) is 1. The fourth-order valence-electron chi connectivity index (χ4n) is 0.921. The zero-order valence-corrected chi connectivity index (χ0v) is 7.77.